The maximum Gasteiger partial charge on any atom is 0.416 e. The van der Waals surface area contributed by atoms with E-state index in [2.05, 4.69) is 16.0 Å². The van der Waals surface area contributed by atoms with Gasteiger partial charge in [-0.15, -0.1) is 10.8 Å². The summed E-state index contributed by atoms with van der Waals surface area (Å²) in [6.07, 6.45) is -3.86. The zero-order chi connectivity index (χ0) is 32.6. The minimum absolute atomic E-state index is 0.000783. The van der Waals surface area contributed by atoms with Crippen molar-refractivity contribution in [1.82, 2.24) is 10.6 Å². The quantitative estimate of drug-likeness (QED) is 0.135. The van der Waals surface area contributed by atoms with Gasteiger partial charge in [-0.05, 0) is 55.5 Å². The maximum absolute atomic E-state index is 13.8. The van der Waals surface area contributed by atoms with Crippen LogP contribution in [0.5, 0.6) is 5.75 Å². The molecule has 0 spiro atoms. The molecule has 0 bridgehead atoms. The van der Waals surface area contributed by atoms with Gasteiger partial charge in [0.05, 0.1) is 36.3 Å². The van der Waals surface area contributed by atoms with Gasteiger partial charge >= 0.3 is 6.18 Å². The van der Waals surface area contributed by atoms with Crippen molar-refractivity contribution in [1.29, 1.82) is 0 Å². The fourth-order valence-corrected chi connectivity index (χ4v) is 7.00. The van der Waals surface area contributed by atoms with E-state index in [1.165, 1.54) is 17.5 Å². The van der Waals surface area contributed by atoms with Gasteiger partial charge in [-0.1, -0.05) is 48.5 Å². The molecule has 0 aliphatic carbocycles. The second kappa shape index (κ2) is 15.2. The molecular formula is C32H41F3N4O5S. The molecule has 1 heterocycles. The first-order valence-electron chi connectivity index (χ1n) is 14.8. The number of hydrogen-bond acceptors (Lipinski definition) is 8. The Balaban J connectivity index is 1.57. The Labute approximate surface area is 263 Å². The standard InChI is InChI=1S/C32H41F3N4O5S/c1-3-37-27-18-24(19-28(30(27)44-2)39-14-7-8-15-45(39,42)43)31(41)38-26(17-22-10-5-4-6-11-22)29(40)21-36-20-23-12-9-13-25(16-23)32(33,34)35/h4-6,9-13,16,18-19,26,29,36-37,40,42-43H,3,7-8,14-15,17,20-21H2,1-2H3,(H,38,41)/t26-,29+/m0/s1. The van der Waals surface area contributed by atoms with Gasteiger partial charge in [-0.25, -0.2) is 0 Å². The Morgan fingerprint density at radius 3 is 2.44 bits per heavy atom. The number of nitrogens with one attached hydrogen (secondary N) is 3. The third kappa shape index (κ3) is 9.04. The van der Waals surface area contributed by atoms with Crippen LogP contribution >= 0.6 is 10.8 Å². The average Bonchev–Trinajstić information content (AvgIpc) is 3.00. The minimum atomic E-state index is -4.46. The summed E-state index contributed by atoms with van der Waals surface area (Å²) < 4.78 is 68.3. The van der Waals surface area contributed by atoms with Crippen molar-refractivity contribution in [2.75, 3.05) is 42.1 Å². The number of methoxy groups -OCH3 is 1. The largest absolute Gasteiger partial charge is 0.492 e. The lowest BCUT2D eigenvalue weighted by molar-refractivity contribution is -0.137. The van der Waals surface area contributed by atoms with Gasteiger partial charge in [-0.2, -0.15) is 13.2 Å². The molecule has 0 radical (unpaired) electrons. The van der Waals surface area contributed by atoms with Gasteiger partial charge in [0.15, 0.2) is 5.75 Å². The molecule has 246 valence electrons. The summed E-state index contributed by atoms with van der Waals surface area (Å²) >= 11 is 0. The number of ether oxygens (including phenoxy) is 1. The summed E-state index contributed by atoms with van der Waals surface area (Å²) in [7, 11) is -1.64. The first-order valence-corrected chi connectivity index (χ1v) is 16.5. The van der Waals surface area contributed by atoms with Crippen molar-refractivity contribution in [3.8, 4) is 5.75 Å². The smallest absolute Gasteiger partial charge is 0.416 e. The van der Waals surface area contributed by atoms with Crippen LogP contribution in [0.4, 0.5) is 24.5 Å². The number of halogens is 3. The molecule has 1 saturated heterocycles. The number of nitrogens with zero attached hydrogens (tertiary/aromatic N) is 1. The lowest BCUT2D eigenvalue weighted by Crippen LogP contribution is -2.48. The third-order valence-corrected chi connectivity index (χ3v) is 9.49. The van der Waals surface area contributed by atoms with E-state index in [9.17, 15) is 32.2 Å². The number of carbonyl (C=O) groups is 1. The van der Waals surface area contributed by atoms with E-state index in [0.717, 1.165) is 24.1 Å². The number of carbonyl (C=O) groups excluding carboxylic acids is 1. The second-order valence-corrected chi connectivity index (χ2v) is 13.0. The molecule has 13 heteroatoms. The lowest BCUT2D eigenvalue weighted by Gasteiger charge is -2.47. The zero-order valence-electron chi connectivity index (χ0n) is 25.3. The van der Waals surface area contributed by atoms with Crippen LogP contribution in [0.3, 0.4) is 0 Å². The number of amides is 1. The van der Waals surface area contributed by atoms with Crippen LogP contribution in [0.15, 0.2) is 66.7 Å². The average molecular weight is 651 g/mol. The number of rotatable bonds is 13. The van der Waals surface area contributed by atoms with Gasteiger partial charge in [-0.3, -0.25) is 18.2 Å². The van der Waals surface area contributed by atoms with Crippen LogP contribution in [0.25, 0.3) is 0 Å². The van der Waals surface area contributed by atoms with Crippen molar-refractivity contribution in [3.63, 3.8) is 0 Å². The van der Waals surface area contributed by atoms with Gasteiger partial charge in [0.25, 0.3) is 5.91 Å². The van der Waals surface area contributed by atoms with Crippen molar-refractivity contribution in [3.05, 3.63) is 89.0 Å². The highest BCUT2D eigenvalue weighted by Gasteiger charge is 2.32. The summed E-state index contributed by atoms with van der Waals surface area (Å²) in [5, 5.41) is 20.3. The van der Waals surface area contributed by atoms with Crippen LogP contribution in [0.1, 0.15) is 46.8 Å². The molecule has 0 aromatic heterocycles. The number of aliphatic hydroxyl groups is 1. The van der Waals surface area contributed by atoms with E-state index in [-0.39, 0.29) is 30.8 Å². The molecule has 45 heavy (non-hydrogen) atoms. The number of alkyl halides is 3. The highest BCUT2D eigenvalue weighted by Crippen LogP contribution is 2.53. The highest BCUT2D eigenvalue weighted by molar-refractivity contribution is 8.25. The minimum Gasteiger partial charge on any atom is -0.492 e. The first-order chi connectivity index (χ1) is 21.4. The van der Waals surface area contributed by atoms with Crippen molar-refractivity contribution in [2.24, 2.45) is 0 Å². The van der Waals surface area contributed by atoms with Gasteiger partial charge in [0.1, 0.15) is 5.69 Å². The van der Waals surface area contributed by atoms with Crippen LogP contribution in [-0.4, -0.2) is 64.8 Å². The van der Waals surface area contributed by atoms with E-state index in [4.69, 9.17) is 4.74 Å². The number of aliphatic hydroxyl groups excluding tert-OH is 1. The van der Waals surface area contributed by atoms with Crippen LogP contribution in [0.2, 0.25) is 0 Å². The highest BCUT2D eigenvalue weighted by atomic mass is 32.3. The number of benzene rings is 3. The fourth-order valence-electron chi connectivity index (χ4n) is 5.32. The predicted molar refractivity (Wildman–Crippen MR) is 172 cm³/mol. The van der Waals surface area contributed by atoms with Crippen LogP contribution in [0, 0.1) is 0 Å². The summed E-state index contributed by atoms with van der Waals surface area (Å²) in [6, 6.07) is 16.7. The van der Waals surface area contributed by atoms with Gasteiger partial charge in [0, 0.05) is 31.7 Å². The normalized spacial score (nSPS) is 16.8. The molecule has 4 rings (SSSR count). The summed E-state index contributed by atoms with van der Waals surface area (Å²) in [6.45, 7) is 2.87. The van der Waals surface area contributed by atoms with E-state index in [0.29, 0.717) is 42.2 Å². The van der Waals surface area contributed by atoms with Gasteiger partial charge in [0.2, 0.25) is 0 Å². The molecule has 3 aromatic carbocycles. The second-order valence-electron chi connectivity index (χ2n) is 10.9. The molecule has 2 atom stereocenters. The zero-order valence-corrected chi connectivity index (χ0v) is 26.1. The topological polar surface area (TPSA) is 126 Å². The predicted octanol–water partition coefficient (Wildman–Crippen LogP) is 5.90. The molecule has 1 aliphatic rings. The Bertz CT molecular complexity index is 1430. The first kappa shape index (κ1) is 34.4. The monoisotopic (exact) mass is 650 g/mol. The van der Waals surface area contributed by atoms with Crippen LogP contribution in [-0.2, 0) is 19.1 Å². The van der Waals surface area contributed by atoms with Crippen molar-refractivity contribution < 1.29 is 36.9 Å². The fraction of sp³-hybridized carbons (Fsp3) is 0.406. The summed E-state index contributed by atoms with van der Waals surface area (Å²) in [4.78, 5) is 13.8. The molecule has 1 amide bonds. The molecule has 9 nitrogen and oxygen atoms in total. The third-order valence-electron chi connectivity index (χ3n) is 7.57. The lowest BCUT2D eigenvalue weighted by atomic mass is 10.00. The number of anilines is 2. The Kier molecular flexibility index (Phi) is 11.6. The van der Waals surface area contributed by atoms with Crippen molar-refractivity contribution >= 4 is 28.1 Å². The maximum atomic E-state index is 13.8. The molecule has 1 fully saturated rings. The SMILES string of the molecule is CCNc1cc(C(=O)N[C@@H](Cc2ccccc2)[C@H](O)CNCc2cccc(C(F)(F)F)c2)cc(N2CCCCS2(O)O)c1OC. The molecule has 0 unspecified atom stereocenters. The Morgan fingerprint density at radius 2 is 1.78 bits per heavy atom. The summed E-state index contributed by atoms with van der Waals surface area (Å²) in [5.41, 5.74) is 1.63. The van der Waals surface area contributed by atoms with E-state index < -0.39 is 40.6 Å². The Morgan fingerprint density at radius 1 is 1.04 bits per heavy atom. The van der Waals surface area contributed by atoms with Crippen LogP contribution < -0.4 is 25.0 Å². The van der Waals surface area contributed by atoms with Gasteiger partial charge < -0.3 is 25.8 Å². The van der Waals surface area contributed by atoms with Crippen molar-refractivity contribution in [2.45, 2.75) is 51.1 Å². The molecule has 3 aromatic rings. The van der Waals surface area contributed by atoms with E-state index in [1.807, 2.05) is 37.3 Å². The molecule has 0 saturated carbocycles. The Hall–Kier alpha value is -3.49. The molecule has 1 aliphatic heterocycles. The number of hydrogen-bond donors (Lipinski definition) is 6. The van der Waals surface area contributed by atoms with E-state index in [1.54, 1.807) is 18.2 Å². The van der Waals surface area contributed by atoms with E-state index >= 15 is 0 Å². The molecular weight excluding hydrogens is 609 g/mol. The molecule has 6 N–H and O–H groups in total. The summed E-state index contributed by atoms with van der Waals surface area (Å²) in [5.74, 6) is 0.0986.